The zero-order valence-electron chi connectivity index (χ0n) is 24.2. The van der Waals surface area contributed by atoms with Gasteiger partial charge in [-0.2, -0.15) is 0 Å². The van der Waals surface area contributed by atoms with Crippen LogP contribution >= 0.6 is 0 Å². The van der Waals surface area contributed by atoms with Gasteiger partial charge in [0.25, 0.3) is 5.91 Å². The molecule has 1 unspecified atom stereocenters. The van der Waals surface area contributed by atoms with Crippen molar-refractivity contribution in [2.24, 2.45) is 0 Å². The number of fused-ring (bicyclic) bond motifs is 1. The van der Waals surface area contributed by atoms with E-state index in [-0.39, 0.29) is 36.8 Å². The molecular weight excluding hydrogens is 508 g/mol. The highest BCUT2D eigenvalue weighted by atomic mass is 16.5. The van der Waals surface area contributed by atoms with Gasteiger partial charge in [0.1, 0.15) is 11.4 Å². The Bertz CT molecular complexity index is 1210. The molecule has 2 atom stereocenters. The average molecular weight is 551 g/mol. The largest absolute Gasteiger partial charge is 0.487 e. The number of guanidine groups is 1. The zero-order chi connectivity index (χ0) is 28.9. The Labute approximate surface area is 237 Å². The number of carbonyl (C=O) groups is 2. The van der Waals surface area contributed by atoms with Crippen LogP contribution in [-0.4, -0.2) is 60.7 Å². The van der Waals surface area contributed by atoms with Crippen LogP contribution in [0.15, 0.2) is 48.5 Å². The first-order chi connectivity index (χ1) is 19.1. The lowest BCUT2D eigenvalue weighted by molar-refractivity contribution is -0.134. The highest BCUT2D eigenvalue weighted by molar-refractivity contribution is 6.00. The molecule has 40 heavy (non-hydrogen) atoms. The Hall–Kier alpha value is -3.43. The fourth-order valence-corrected chi connectivity index (χ4v) is 5.58. The van der Waals surface area contributed by atoms with Gasteiger partial charge in [0.2, 0.25) is 5.91 Å². The van der Waals surface area contributed by atoms with Gasteiger partial charge in [-0.25, -0.2) is 0 Å². The van der Waals surface area contributed by atoms with Crippen LogP contribution in [0.3, 0.4) is 0 Å². The Balaban J connectivity index is 1.59. The van der Waals surface area contributed by atoms with Crippen molar-refractivity contribution in [1.82, 2.24) is 15.5 Å². The smallest absolute Gasteiger partial charge is 0.251 e. The Morgan fingerprint density at radius 1 is 1.18 bits per heavy atom. The van der Waals surface area contributed by atoms with Gasteiger partial charge in [0.05, 0.1) is 38.3 Å². The van der Waals surface area contributed by atoms with E-state index in [0.717, 1.165) is 29.7 Å². The molecule has 1 fully saturated rings. The summed E-state index contributed by atoms with van der Waals surface area (Å²) in [6.07, 6.45) is 2.40. The minimum Gasteiger partial charge on any atom is -0.487 e. The van der Waals surface area contributed by atoms with Gasteiger partial charge in [0, 0.05) is 30.2 Å². The number of hydrogen-bond donors (Lipinski definition) is 3. The molecule has 0 bridgehead atoms. The molecule has 2 aromatic carbocycles. The summed E-state index contributed by atoms with van der Waals surface area (Å²) in [5.41, 5.74) is 1.29. The van der Waals surface area contributed by atoms with E-state index in [1.54, 1.807) is 19.2 Å². The molecule has 0 aliphatic carbocycles. The summed E-state index contributed by atoms with van der Waals surface area (Å²) < 4.78 is 17.1. The quantitative estimate of drug-likeness (QED) is 0.349. The number of hydrogen-bond acceptors (Lipinski definition) is 6. The minimum absolute atomic E-state index is 0.0520. The number of rotatable bonds is 11. The first-order valence-corrected chi connectivity index (χ1v) is 14.1. The first-order valence-electron chi connectivity index (χ1n) is 14.1. The zero-order valence-corrected chi connectivity index (χ0v) is 24.2. The van der Waals surface area contributed by atoms with Gasteiger partial charge in [-0.05, 0) is 50.5 Å². The maximum Gasteiger partial charge on any atom is 0.251 e. The van der Waals surface area contributed by atoms with Crippen LogP contribution in [0, 0.1) is 5.41 Å². The number of benzene rings is 2. The molecule has 2 aliphatic rings. The summed E-state index contributed by atoms with van der Waals surface area (Å²) in [5, 5.41) is 15.3. The normalized spacial score (nSPS) is 20.2. The van der Waals surface area contributed by atoms with Crippen LogP contribution < -0.4 is 15.4 Å². The van der Waals surface area contributed by atoms with Gasteiger partial charge in [-0.15, -0.1) is 0 Å². The van der Waals surface area contributed by atoms with Gasteiger partial charge in [0.15, 0.2) is 5.96 Å². The number of carbonyl (C=O) groups excluding carboxylic acids is 2. The minimum atomic E-state index is -0.577. The Kier molecular flexibility index (Phi) is 9.15. The molecule has 0 aromatic heterocycles. The first kappa shape index (κ1) is 29.6. The van der Waals surface area contributed by atoms with E-state index in [9.17, 15) is 9.59 Å². The number of nitrogens with one attached hydrogen (secondary N) is 3. The average Bonchev–Trinajstić information content (AvgIpc) is 2.93. The van der Waals surface area contributed by atoms with Crippen molar-refractivity contribution < 1.29 is 23.8 Å². The Morgan fingerprint density at radius 3 is 2.62 bits per heavy atom. The highest BCUT2D eigenvalue weighted by Crippen LogP contribution is 2.39. The van der Waals surface area contributed by atoms with Crippen LogP contribution in [0.2, 0.25) is 0 Å². The van der Waals surface area contributed by atoms with Crippen molar-refractivity contribution in [3.05, 3.63) is 65.2 Å². The van der Waals surface area contributed by atoms with Gasteiger partial charge in [-0.3, -0.25) is 19.9 Å². The number of nitrogens with zero attached hydrogens (tertiary/aromatic N) is 1. The molecular formula is C31H42N4O5. The van der Waals surface area contributed by atoms with Crippen molar-refractivity contribution in [2.75, 3.05) is 26.9 Å². The van der Waals surface area contributed by atoms with Crippen molar-refractivity contribution in [1.29, 1.82) is 5.41 Å². The Morgan fingerprint density at radius 2 is 1.93 bits per heavy atom. The van der Waals surface area contributed by atoms with E-state index >= 15 is 0 Å². The molecule has 0 radical (unpaired) electrons. The summed E-state index contributed by atoms with van der Waals surface area (Å²) >= 11 is 0. The van der Waals surface area contributed by atoms with Crippen molar-refractivity contribution in [3.63, 3.8) is 0 Å². The fraction of sp³-hybridized carbons (Fsp3) is 0.516. The van der Waals surface area contributed by atoms with E-state index in [1.165, 1.54) is 4.90 Å². The number of amides is 2. The monoisotopic (exact) mass is 550 g/mol. The molecule has 9 heteroatoms. The molecule has 1 saturated heterocycles. The number of ether oxygens (including phenoxy) is 3. The summed E-state index contributed by atoms with van der Waals surface area (Å²) in [7, 11) is 1.60. The van der Waals surface area contributed by atoms with Crippen LogP contribution in [0.4, 0.5) is 0 Å². The lowest BCUT2D eigenvalue weighted by Crippen LogP contribution is -2.62. The van der Waals surface area contributed by atoms with E-state index in [4.69, 9.17) is 19.6 Å². The second-order valence-electron chi connectivity index (χ2n) is 11.2. The lowest BCUT2D eigenvalue weighted by Gasteiger charge is -2.44. The van der Waals surface area contributed by atoms with Crippen molar-refractivity contribution in [2.45, 2.75) is 76.6 Å². The molecule has 0 spiro atoms. The third-order valence-corrected chi connectivity index (χ3v) is 7.97. The van der Waals surface area contributed by atoms with E-state index in [0.29, 0.717) is 25.2 Å². The maximum atomic E-state index is 13.5. The van der Waals surface area contributed by atoms with E-state index in [1.807, 2.05) is 64.1 Å². The van der Waals surface area contributed by atoms with Crippen LogP contribution in [0.25, 0.3) is 0 Å². The van der Waals surface area contributed by atoms with E-state index in [2.05, 4.69) is 10.6 Å². The SMILES string of the molecule is CCC1(CC)CC(=O)N(C(COCCOC)c2cccc(C(=O)N[C@H]3CC(C)(C)Oc4ccccc43)c2)C(=N)N1. The van der Waals surface area contributed by atoms with Gasteiger partial charge < -0.3 is 24.8 Å². The predicted molar refractivity (Wildman–Crippen MR) is 153 cm³/mol. The molecule has 216 valence electrons. The number of para-hydroxylation sites is 1. The second-order valence-corrected chi connectivity index (χ2v) is 11.2. The van der Waals surface area contributed by atoms with Crippen LogP contribution in [-0.2, 0) is 14.3 Å². The fourth-order valence-electron chi connectivity index (χ4n) is 5.58. The highest BCUT2D eigenvalue weighted by Gasteiger charge is 2.42. The van der Waals surface area contributed by atoms with Gasteiger partial charge in [-0.1, -0.05) is 44.2 Å². The van der Waals surface area contributed by atoms with Crippen molar-refractivity contribution >= 4 is 17.8 Å². The van der Waals surface area contributed by atoms with Gasteiger partial charge >= 0.3 is 0 Å². The molecule has 3 N–H and O–H groups in total. The standard InChI is InChI=1S/C31H42N4O5/c1-6-31(7-2)19-27(36)35(29(32)34-31)25(20-39-16-15-38-5)21-11-10-12-22(17-21)28(37)33-24-18-30(3,4)40-26-14-9-8-13-23(24)26/h8-14,17,24-25H,6-7,15-16,18-20H2,1-5H3,(H2,32,34)(H,33,37)/t24-,25?/m0/s1. The maximum absolute atomic E-state index is 13.5. The topological polar surface area (TPSA) is 113 Å². The summed E-state index contributed by atoms with van der Waals surface area (Å²) in [4.78, 5) is 28.5. The van der Waals surface area contributed by atoms with Crippen molar-refractivity contribution in [3.8, 4) is 5.75 Å². The van der Waals surface area contributed by atoms with Crippen LogP contribution in [0.5, 0.6) is 5.75 Å². The summed E-state index contributed by atoms with van der Waals surface area (Å²) in [6, 6.07) is 14.2. The molecule has 2 amide bonds. The molecule has 2 aliphatic heterocycles. The molecule has 9 nitrogen and oxygen atoms in total. The third kappa shape index (κ3) is 6.47. The van der Waals surface area contributed by atoms with E-state index < -0.39 is 17.2 Å². The molecule has 2 aromatic rings. The predicted octanol–water partition coefficient (Wildman–Crippen LogP) is 4.74. The summed E-state index contributed by atoms with van der Waals surface area (Å²) in [5.74, 6) is 0.475. The molecule has 4 rings (SSSR count). The third-order valence-electron chi connectivity index (χ3n) is 7.97. The molecule has 2 heterocycles. The number of methoxy groups -OCH3 is 1. The summed E-state index contributed by atoms with van der Waals surface area (Å²) in [6.45, 7) is 9.01. The van der Waals surface area contributed by atoms with Crippen LogP contribution in [0.1, 0.15) is 86.9 Å². The lowest BCUT2D eigenvalue weighted by atomic mass is 9.86. The molecule has 0 saturated carbocycles. The second kappa shape index (κ2) is 12.4.